The van der Waals surface area contributed by atoms with Gasteiger partial charge in [-0.2, -0.15) is 23.5 Å². The van der Waals surface area contributed by atoms with Crippen LogP contribution in [0.2, 0.25) is 0 Å². The third-order valence-corrected chi connectivity index (χ3v) is 6.09. The lowest BCUT2D eigenvalue weighted by atomic mass is 10.1. The van der Waals surface area contributed by atoms with Gasteiger partial charge in [0, 0.05) is 38.9 Å². The number of carbonyl (C=O) groups is 1. The predicted octanol–water partition coefficient (Wildman–Crippen LogP) is 1.75. The molecule has 2 atom stereocenters. The maximum atomic E-state index is 13.2. The number of nitrogens with zero attached hydrogens (tertiary/aromatic N) is 5. The quantitative estimate of drug-likeness (QED) is 0.626. The van der Waals surface area contributed by atoms with E-state index in [9.17, 15) is 22.8 Å². The lowest BCUT2D eigenvalue weighted by molar-refractivity contribution is -0.138. The predicted molar refractivity (Wildman–Crippen MR) is 119 cm³/mol. The Bertz CT molecular complexity index is 1140. The molecular weight excluding hydrogens is 467 g/mol. The van der Waals surface area contributed by atoms with E-state index in [4.69, 9.17) is 10.00 Å². The van der Waals surface area contributed by atoms with Gasteiger partial charge in [-0.1, -0.05) is 0 Å². The van der Waals surface area contributed by atoms with Crippen molar-refractivity contribution < 1.29 is 22.7 Å². The normalized spacial score (nSPS) is 20.5. The van der Waals surface area contributed by atoms with Gasteiger partial charge in [0.1, 0.15) is 17.5 Å². The maximum Gasteiger partial charge on any atom is 0.423 e. The van der Waals surface area contributed by atoms with Crippen molar-refractivity contribution >= 4 is 17.4 Å². The number of rotatable bonds is 6. The number of hydrogen-bond acceptors (Lipinski definition) is 8. The van der Waals surface area contributed by atoms with E-state index in [0.29, 0.717) is 44.6 Å². The molecule has 2 saturated heterocycles. The van der Waals surface area contributed by atoms with Gasteiger partial charge in [0.25, 0.3) is 5.56 Å². The molecule has 0 aliphatic carbocycles. The van der Waals surface area contributed by atoms with E-state index in [1.54, 1.807) is 22.1 Å². The maximum absolute atomic E-state index is 13.2. The summed E-state index contributed by atoms with van der Waals surface area (Å²) < 4.78 is 45.4. The monoisotopic (exact) mass is 491 g/mol. The van der Waals surface area contributed by atoms with Gasteiger partial charge in [0.2, 0.25) is 5.91 Å². The summed E-state index contributed by atoms with van der Waals surface area (Å²) in [4.78, 5) is 32.4. The van der Waals surface area contributed by atoms with Crippen LogP contribution < -0.4 is 15.8 Å². The Morgan fingerprint density at radius 3 is 2.60 bits per heavy atom. The number of anilines is 2. The highest BCUT2D eigenvalue weighted by atomic mass is 19.4. The average molecular weight is 491 g/mol. The van der Waals surface area contributed by atoms with Crippen LogP contribution in [0.1, 0.15) is 30.4 Å². The number of carbonyl (C=O) groups excluding carboxylic acids is 1. The van der Waals surface area contributed by atoms with Crippen LogP contribution in [0, 0.1) is 11.3 Å². The van der Waals surface area contributed by atoms with Crippen molar-refractivity contribution in [2.24, 2.45) is 0 Å². The summed E-state index contributed by atoms with van der Waals surface area (Å²) in [6, 6.07) is 5.53. The molecule has 13 heteroatoms. The molecule has 0 aromatic carbocycles. The van der Waals surface area contributed by atoms with Crippen LogP contribution in [0.5, 0.6) is 0 Å². The summed E-state index contributed by atoms with van der Waals surface area (Å²) in [5.74, 6) is 0.726. The van der Waals surface area contributed by atoms with E-state index in [0.717, 1.165) is 12.0 Å². The summed E-state index contributed by atoms with van der Waals surface area (Å²) in [5, 5.41) is 16.7. The van der Waals surface area contributed by atoms with E-state index in [1.807, 2.05) is 6.07 Å². The van der Waals surface area contributed by atoms with Gasteiger partial charge < -0.3 is 19.9 Å². The third kappa shape index (κ3) is 5.89. The summed E-state index contributed by atoms with van der Waals surface area (Å²) in [6.45, 7) is 2.38. The van der Waals surface area contributed by atoms with Crippen LogP contribution >= 0.6 is 0 Å². The summed E-state index contributed by atoms with van der Waals surface area (Å²) in [7, 11) is 0. The zero-order valence-corrected chi connectivity index (χ0v) is 18.7. The van der Waals surface area contributed by atoms with Crippen LogP contribution in [0.3, 0.4) is 0 Å². The third-order valence-electron chi connectivity index (χ3n) is 6.09. The fraction of sp³-hybridized carbons (Fsp3) is 0.500. The Balaban J connectivity index is 1.23. The van der Waals surface area contributed by atoms with Crippen LogP contribution in [-0.2, 0) is 15.7 Å². The molecular formula is C22H24F3N7O3. The molecule has 0 unspecified atom stereocenters. The number of pyridine rings is 1. The highest BCUT2D eigenvalue weighted by Gasteiger charge is 2.38. The summed E-state index contributed by atoms with van der Waals surface area (Å²) in [5.41, 5.74) is -2.55. The number of hydrogen-bond donors (Lipinski definition) is 2. The number of amides is 1. The van der Waals surface area contributed by atoms with Gasteiger partial charge in [-0.15, -0.1) is 0 Å². The molecule has 2 N–H and O–H groups in total. The van der Waals surface area contributed by atoms with Gasteiger partial charge in [-0.3, -0.25) is 9.59 Å². The van der Waals surface area contributed by atoms with Crippen LogP contribution in [0.15, 0.2) is 29.3 Å². The van der Waals surface area contributed by atoms with E-state index >= 15 is 0 Å². The van der Waals surface area contributed by atoms with Gasteiger partial charge in [-0.25, -0.2) is 10.1 Å². The second-order valence-electron chi connectivity index (χ2n) is 8.41. The number of aromatic amines is 1. The van der Waals surface area contributed by atoms with Gasteiger partial charge >= 0.3 is 6.18 Å². The highest BCUT2D eigenvalue weighted by Crippen LogP contribution is 2.32. The molecule has 0 spiro atoms. The molecule has 0 bridgehead atoms. The zero-order valence-electron chi connectivity index (χ0n) is 18.7. The first-order valence-electron chi connectivity index (χ1n) is 11.2. The molecule has 0 radical (unpaired) electrons. The first kappa shape index (κ1) is 24.5. The molecule has 10 nitrogen and oxygen atoms in total. The van der Waals surface area contributed by atoms with Gasteiger partial charge in [-0.05, 0) is 25.0 Å². The molecule has 35 heavy (non-hydrogen) atoms. The number of piperazine rings is 1. The molecule has 2 fully saturated rings. The molecule has 2 aromatic heterocycles. The minimum absolute atomic E-state index is 0.0332. The zero-order chi connectivity index (χ0) is 25.0. The van der Waals surface area contributed by atoms with Crippen molar-refractivity contribution in [3.8, 4) is 6.07 Å². The van der Waals surface area contributed by atoms with E-state index in [-0.39, 0.29) is 31.1 Å². The van der Waals surface area contributed by atoms with Gasteiger partial charge in [0.15, 0.2) is 0 Å². The fourth-order valence-electron chi connectivity index (χ4n) is 4.27. The van der Waals surface area contributed by atoms with Crippen LogP contribution in [0.4, 0.5) is 24.7 Å². The second-order valence-corrected chi connectivity index (χ2v) is 8.41. The minimum atomic E-state index is -4.81. The van der Waals surface area contributed by atoms with E-state index < -0.39 is 23.0 Å². The first-order valence-corrected chi connectivity index (χ1v) is 11.2. The molecule has 4 heterocycles. The topological polar surface area (TPSA) is 127 Å². The number of alkyl halides is 3. The molecule has 2 aliphatic heterocycles. The number of aromatic nitrogens is 3. The Kier molecular flexibility index (Phi) is 7.20. The number of ether oxygens (including phenoxy) is 1. The van der Waals surface area contributed by atoms with E-state index in [2.05, 4.69) is 20.3 Å². The number of H-pyrrole nitrogens is 1. The highest BCUT2D eigenvalue weighted by molar-refractivity contribution is 5.77. The Hall–Kier alpha value is -3.66. The number of nitriles is 1. The Morgan fingerprint density at radius 1 is 1.20 bits per heavy atom. The van der Waals surface area contributed by atoms with Crippen molar-refractivity contribution in [1.82, 2.24) is 20.1 Å². The molecule has 2 aliphatic rings. The van der Waals surface area contributed by atoms with E-state index in [1.165, 1.54) is 6.20 Å². The standard InChI is InChI=1S/C22H24F3N7O3/c23-22(24,25)20-17(13-29-30-21(20)34)27-12-16-3-2-15(35-16)9-19(33)32-7-5-31(6-8-32)18-4-1-14(10-26)11-28-18/h1,4,11,13,15-16H,2-3,5-9,12H2,(H2,27,30,34)/t15-,16-/m0/s1. The van der Waals surface area contributed by atoms with Crippen LogP contribution in [-0.4, -0.2) is 70.9 Å². The lowest BCUT2D eigenvalue weighted by Crippen LogP contribution is -2.49. The Labute approximate surface area is 198 Å². The molecule has 186 valence electrons. The number of halogens is 3. The lowest BCUT2D eigenvalue weighted by Gasteiger charge is -2.35. The summed E-state index contributed by atoms with van der Waals surface area (Å²) >= 11 is 0. The van der Waals surface area contributed by atoms with Crippen molar-refractivity contribution in [3.63, 3.8) is 0 Å². The largest absolute Gasteiger partial charge is 0.423 e. The van der Waals surface area contributed by atoms with Crippen molar-refractivity contribution in [2.75, 3.05) is 42.9 Å². The SMILES string of the molecule is N#Cc1ccc(N2CCN(C(=O)C[C@@H]3CC[C@@H](CNc4cn[nH]c(=O)c4C(F)(F)F)O3)CC2)nc1. The van der Waals surface area contributed by atoms with Gasteiger partial charge in [0.05, 0.1) is 36.1 Å². The van der Waals surface area contributed by atoms with Crippen molar-refractivity contribution in [1.29, 1.82) is 5.26 Å². The molecule has 4 rings (SSSR count). The molecule has 0 saturated carbocycles. The smallest absolute Gasteiger partial charge is 0.380 e. The van der Waals surface area contributed by atoms with Crippen molar-refractivity contribution in [2.45, 2.75) is 37.6 Å². The van der Waals surface area contributed by atoms with Crippen molar-refractivity contribution in [3.05, 3.63) is 46.0 Å². The molecule has 2 aromatic rings. The molecule has 1 amide bonds. The average Bonchev–Trinajstić information content (AvgIpc) is 3.29. The first-order chi connectivity index (χ1) is 16.7. The van der Waals surface area contributed by atoms with Crippen LogP contribution in [0.25, 0.3) is 0 Å². The second kappa shape index (κ2) is 10.3. The number of nitrogens with one attached hydrogen (secondary N) is 2. The summed E-state index contributed by atoms with van der Waals surface area (Å²) in [6.07, 6.45) is -1.66. The Morgan fingerprint density at radius 2 is 1.94 bits per heavy atom. The fourth-order valence-corrected chi connectivity index (χ4v) is 4.27. The minimum Gasteiger partial charge on any atom is -0.380 e.